The average molecular weight is 166 g/mol. The van der Waals surface area contributed by atoms with Gasteiger partial charge in [-0.2, -0.15) is 0 Å². The van der Waals surface area contributed by atoms with Gasteiger partial charge in [0.15, 0.2) is 0 Å². The molecule has 5 heteroatoms. The predicted octanol–water partition coefficient (Wildman–Crippen LogP) is -1.00. The molecular weight excluding hydrogens is 166 g/mol. The van der Waals surface area contributed by atoms with Crippen LogP contribution in [0.5, 0.6) is 0 Å². The van der Waals surface area contributed by atoms with Gasteiger partial charge in [-0.1, -0.05) is 0 Å². The quantitative estimate of drug-likeness (QED) is 0.433. The molecule has 0 aliphatic carbocycles. The Morgan fingerprint density at radius 2 is 0.800 bits per heavy atom. The van der Waals surface area contributed by atoms with E-state index in [1.807, 2.05) is 0 Å². The number of halogens is 2. The minimum atomic E-state index is 0. The first-order valence-electron chi connectivity index (χ1n) is 0.309. The van der Waals surface area contributed by atoms with Crippen LogP contribution in [-0.4, -0.2) is 0 Å². The average Bonchev–Trinajstić information content (AvgIpc) is 1.50. The molecule has 2 nitrogen and oxygen atoms in total. The van der Waals surface area contributed by atoms with Crippen LogP contribution in [0.2, 0.25) is 0 Å². The van der Waals surface area contributed by atoms with Crippen molar-refractivity contribution < 1.29 is 26.4 Å². The van der Waals surface area contributed by atoms with Crippen molar-refractivity contribution in [3.63, 3.8) is 0 Å². The van der Waals surface area contributed by atoms with Crippen molar-refractivity contribution in [2.75, 3.05) is 0 Å². The van der Waals surface area contributed by atoms with Gasteiger partial charge in [0.1, 0.15) is 0 Å². The maximum absolute atomic E-state index is 7.72. The Labute approximate surface area is 50.5 Å². The van der Waals surface area contributed by atoms with Gasteiger partial charge in [0.05, 0.1) is 0 Å². The topological polar surface area (TPSA) is 46.1 Å². The monoisotopic (exact) mass is 165 g/mol. The minimum absolute atomic E-state index is 0. The van der Waals surface area contributed by atoms with Crippen LogP contribution in [0.3, 0.4) is 0 Å². The van der Waals surface area contributed by atoms with E-state index in [1.54, 1.807) is 0 Å². The van der Waals surface area contributed by atoms with Gasteiger partial charge < -0.3 is 9.32 Å². The first-order chi connectivity index (χ1) is 2.00. The predicted molar refractivity (Wildman–Crippen MR) is 11.7 cm³/mol. The Bertz CT molecular complexity index is 7.61. The fraction of sp³-hybridized carbons (Fsp3) is 0. The molecule has 0 saturated heterocycles. The second-order valence-corrected chi connectivity index (χ2v) is 0. The first-order valence-corrected chi connectivity index (χ1v) is 0.926. The van der Waals surface area contributed by atoms with Crippen LogP contribution in [0.15, 0.2) is 0 Å². The van der Waals surface area contributed by atoms with Gasteiger partial charge >= 0.3 is 17.1 Å². The smallest absolute Gasteiger partial charge is 0.769 e. The molecule has 0 unspecified atom stereocenters. The van der Waals surface area contributed by atoms with Gasteiger partial charge in [0.2, 0.25) is 0 Å². The summed E-state index contributed by atoms with van der Waals surface area (Å²) < 4.78 is 15.4. The Morgan fingerprint density at radius 3 is 0.800 bits per heavy atom. The molecule has 0 amide bonds. The zero-order valence-corrected chi connectivity index (χ0v) is 4.33. The standard InChI is InChI=1S/2ClO.Cu/c2*1-2;/q2*-1;+2. The summed E-state index contributed by atoms with van der Waals surface area (Å²) in [5, 5.41) is 0. The minimum Gasteiger partial charge on any atom is -0.769 e. The zero-order valence-electron chi connectivity index (χ0n) is 1.87. The molecule has 0 fully saturated rings. The fourth-order valence-corrected chi connectivity index (χ4v) is 0. The molecule has 0 N–H and O–H groups in total. The summed E-state index contributed by atoms with van der Waals surface area (Å²) in [6.07, 6.45) is 0. The molecular formula is Cl2CuO2. The molecule has 0 aromatic heterocycles. The molecule has 0 rings (SSSR count). The summed E-state index contributed by atoms with van der Waals surface area (Å²) >= 11 is 6.78. The van der Waals surface area contributed by atoms with E-state index in [1.165, 1.54) is 0 Å². The maximum Gasteiger partial charge on any atom is 2.00 e. The Hall–Kier alpha value is 1.02. The second-order valence-electron chi connectivity index (χ2n) is 0. The van der Waals surface area contributed by atoms with E-state index >= 15 is 0 Å². The summed E-state index contributed by atoms with van der Waals surface area (Å²) in [6, 6.07) is 0. The molecule has 0 saturated carbocycles. The summed E-state index contributed by atoms with van der Waals surface area (Å²) in [5.41, 5.74) is 0. The molecule has 1 radical (unpaired) electrons. The van der Waals surface area contributed by atoms with E-state index in [2.05, 4.69) is 23.7 Å². The van der Waals surface area contributed by atoms with E-state index < -0.39 is 0 Å². The van der Waals surface area contributed by atoms with Crippen LogP contribution < -0.4 is 9.32 Å². The van der Waals surface area contributed by atoms with Crippen molar-refractivity contribution in [1.29, 1.82) is 0 Å². The van der Waals surface area contributed by atoms with Crippen molar-refractivity contribution in [2.24, 2.45) is 0 Å². The normalized spacial score (nSPS) is 2.40. The van der Waals surface area contributed by atoms with Crippen LogP contribution in [0.1, 0.15) is 0 Å². The Kier molecular flexibility index (Phi) is 260. The molecule has 0 heterocycles. The van der Waals surface area contributed by atoms with E-state index in [-0.39, 0.29) is 17.1 Å². The van der Waals surface area contributed by atoms with Crippen LogP contribution in [0.4, 0.5) is 0 Å². The van der Waals surface area contributed by atoms with Crippen LogP contribution >= 0.6 is 23.7 Å². The third kappa shape index (κ3) is 44.0. The Morgan fingerprint density at radius 1 is 0.800 bits per heavy atom. The van der Waals surface area contributed by atoms with E-state index in [4.69, 9.17) is 9.32 Å². The Balaban J connectivity index is -0.0000000133. The zero-order chi connectivity index (χ0) is 4.00. The van der Waals surface area contributed by atoms with Crippen LogP contribution in [0, 0.1) is 0 Å². The third-order valence-electron chi connectivity index (χ3n) is 0. The van der Waals surface area contributed by atoms with Gasteiger partial charge in [0.25, 0.3) is 0 Å². The van der Waals surface area contributed by atoms with Crippen LogP contribution in [-0.2, 0) is 17.1 Å². The molecule has 0 spiro atoms. The van der Waals surface area contributed by atoms with Gasteiger partial charge in [-0.25, -0.2) is 23.7 Å². The van der Waals surface area contributed by atoms with E-state index in [0.29, 0.717) is 0 Å². The van der Waals surface area contributed by atoms with Gasteiger partial charge in [-0.05, 0) is 0 Å². The van der Waals surface area contributed by atoms with Crippen molar-refractivity contribution >= 4 is 23.7 Å². The number of hydrogen-bond acceptors (Lipinski definition) is 2. The SMILES string of the molecule is [Cu+2].[O-]Cl.[O-]Cl. The van der Waals surface area contributed by atoms with E-state index in [9.17, 15) is 0 Å². The maximum atomic E-state index is 7.72. The van der Waals surface area contributed by atoms with Gasteiger partial charge in [-0.3, -0.25) is 0 Å². The second kappa shape index (κ2) is 78.0. The number of rotatable bonds is 0. The fourth-order valence-electron chi connectivity index (χ4n) is 0. The summed E-state index contributed by atoms with van der Waals surface area (Å²) in [4.78, 5) is 0. The summed E-state index contributed by atoms with van der Waals surface area (Å²) in [7, 11) is 0. The first kappa shape index (κ1) is 16.6. The third-order valence-corrected chi connectivity index (χ3v) is 0. The van der Waals surface area contributed by atoms with Crippen LogP contribution in [0.25, 0.3) is 0 Å². The summed E-state index contributed by atoms with van der Waals surface area (Å²) in [5.74, 6) is 0. The molecule has 0 aliphatic heterocycles. The largest absolute Gasteiger partial charge is 2.00 e. The van der Waals surface area contributed by atoms with Crippen molar-refractivity contribution in [3.8, 4) is 0 Å². The number of hydrogen-bond donors (Lipinski definition) is 0. The van der Waals surface area contributed by atoms with Crippen molar-refractivity contribution in [1.82, 2.24) is 0 Å². The van der Waals surface area contributed by atoms with Gasteiger partial charge in [0, 0.05) is 0 Å². The van der Waals surface area contributed by atoms with Crippen molar-refractivity contribution in [2.45, 2.75) is 0 Å². The molecule has 0 aromatic rings. The van der Waals surface area contributed by atoms with Crippen molar-refractivity contribution in [3.05, 3.63) is 0 Å². The summed E-state index contributed by atoms with van der Waals surface area (Å²) in [6.45, 7) is 0. The molecule has 5 heavy (non-hydrogen) atoms. The molecule has 0 aliphatic rings. The molecule has 0 aromatic carbocycles. The molecule has 0 atom stereocenters. The molecule has 0 bridgehead atoms. The molecule has 37 valence electrons. The van der Waals surface area contributed by atoms with E-state index in [0.717, 1.165) is 0 Å². The van der Waals surface area contributed by atoms with Gasteiger partial charge in [-0.15, -0.1) is 0 Å².